The van der Waals surface area contributed by atoms with E-state index in [-0.39, 0.29) is 11.2 Å². The lowest BCUT2D eigenvalue weighted by Crippen LogP contribution is -2.24. The summed E-state index contributed by atoms with van der Waals surface area (Å²) in [6.45, 7) is 1.95. The summed E-state index contributed by atoms with van der Waals surface area (Å²) in [7, 11) is 0. The van der Waals surface area contributed by atoms with E-state index in [0.29, 0.717) is 26.5 Å². The zero-order chi connectivity index (χ0) is 17.1. The van der Waals surface area contributed by atoms with Crippen molar-refractivity contribution in [3.05, 3.63) is 16.0 Å². The van der Waals surface area contributed by atoms with Crippen molar-refractivity contribution < 1.29 is 4.79 Å². The van der Waals surface area contributed by atoms with E-state index in [0.717, 1.165) is 31.2 Å². The number of nitrogens with zero attached hydrogens (tertiary/aromatic N) is 3. The Kier molecular flexibility index (Phi) is 5.38. The first kappa shape index (κ1) is 17.2. The van der Waals surface area contributed by atoms with Gasteiger partial charge in [-0.1, -0.05) is 30.0 Å². The van der Waals surface area contributed by atoms with E-state index in [9.17, 15) is 10.1 Å². The number of nitrogens with two attached hydrogens (primary N) is 1. The fraction of sp³-hybridized carbons (Fsp3) is 0.467. The Bertz CT molecular complexity index is 792. The van der Waals surface area contributed by atoms with E-state index in [1.165, 1.54) is 28.0 Å². The van der Waals surface area contributed by atoms with E-state index in [1.807, 2.05) is 6.92 Å². The summed E-state index contributed by atoms with van der Waals surface area (Å²) in [4.78, 5) is 13.9. The number of aromatic nitrogens is 2. The maximum absolute atomic E-state index is 12.6. The Morgan fingerprint density at radius 2 is 2.21 bits per heavy atom. The van der Waals surface area contributed by atoms with Crippen molar-refractivity contribution in [2.45, 2.75) is 48.6 Å². The average molecular weight is 380 g/mol. The number of fused-ring (bicyclic) bond motifs is 1. The summed E-state index contributed by atoms with van der Waals surface area (Å²) in [5.74, 6) is -0.105. The van der Waals surface area contributed by atoms with Gasteiger partial charge >= 0.3 is 0 Å². The van der Waals surface area contributed by atoms with Crippen molar-refractivity contribution in [2.75, 3.05) is 11.1 Å². The Labute approximate surface area is 152 Å². The highest BCUT2D eigenvalue weighted by Gasteiger charge is 2.25. The highest BCUT2D eigenvalue weighted by atomic mass is 32.2. The molecule has 0 bridgehead atoms. The van der Waals surface area contributed by atoms with Gasteiger partial charge in [-0.05, 0) is 37.7 Å². The predicted molar refractivity (Wildman–Crippen MR) is 98.6 cm³/mol. The Morgan fingerprint density at radius 3 is 2.88 bits per heavy atom. The molecule has 2 aromatic rings. The van der Waals surface area contributed by atoms with Crippen LogP contribution in [0.2, 0.25) is 0 Å². The van der Waals surface area contributed by atoms with Gasteiger partial charge in [-0.25, -0.2) is 0 Å². The second-order valence-corrected chi connectivity index (χ2v) is 9.00. The van der Waals surface area contributed by atoms with Crippen LogP contribution in [0.5, 0.6) is 0 Å². The number of thioether (sulfide) groups is 1. The standard InChI is InChI=1S/C15H17N5OS3/c1-2-10(23-15-20-19-14(17)24-15)12(21)18-13-9(7-16)8-5-3-4-6-11(8)22-13/h10H,2-6H2,1H3,(H2,17,19)(H,18,21)/t10-/m1/s1. The van der Waals surface area contributed by atoms with Gasteiger partial charge in [-0.3, -0.25) is 4.79 Å². The van der Waals surface area contributed by atoms with Crippen LogP contribution >= 0.6 is 34.4 Å². The van der Waals surface area contributed by atoms with Crippen molar-refractivity contribution in [3.8, 4) is 6.07 Å². The van der Waals surface area contributed by atoms with Gasteiger partial charge in [0.05, 0.1) is 10.8 Å². The van der Waals surface area contributed by atoms with Crippen molar-refractivity contribution in [2.24, 2.45) is 0 Å². The molecule has 24 heavy (non-hydrogen) atoms. The highest BCUT2D eigenvalue weighted by molar-refractivity contribution is 8.02. The van der Waals surface area contributed by atoms with Crippen LogP contribution in [0.1, 0.15) is 42.2 Å². The normalized spacial score (nSPS) is 14.7. The number of hydrogen-bond donors (Lipinski definition) is 2. The lowest BCUT2D eigenvalue weighted by atomic mass is 9.96. The summed E-state index contributed by atoms with van der Waals surface area (Å²) >= 11 is 4.18. The number of carbonyl (C=O) groups is 1. The second kappa shape index (κ2) is 7.51. The van der Waals surface area contributed by atoms with Crippen LogP contribution in [-0.2, 0) is 17.6 Å². The predicted octanol–water partition coefficient (Wildman–Crippen LogP) is 3.44. The van der Waals surface area contributed by atoms with Gasteiger partial charge in [0, 0.05) is 4.88 Å². The molecule has 0 radical (unpaired) electrons. The lowest BCUT2D eigenvalue weighted by molar-refractivity contribution is -0.115. The summed E-state index contributed by atoms with van der Waals surface area (Å²) in [6.07, 6.45) is 4.85. The number of thiophene rings is 1. The van der Waals surface area contributed by atoms with Gasteiger partial charge in [0.25, 0.3) is 0 Å². The number of carbonyl (C=O) groups excluding carboxylic acids is 1. The molecule has 0 saturated heterocycles. The van der Waals surface area contributed by atoms with Gasteiger partial charge in [-0.15, -0.1) is 21.5 Å². The minimum absolute atomic E-state index is 0.105. The third-order valence-corrected chi connectivity index (χ3v) is 7.26. The average Bonchev–Trinajstić information content (AvgIpc) is 3.14. The number of amides is 1. The summed E-state index contributed by atoms with van der Waals surface area (Å²) in [6, 6.07) is 2.27. The molecule has 0 aromatic carbocycles. The molecule has 0 unspecified atom stereocenters. The topological polar surface area (TPSA) is 105 Å². The van der Waals surface area contributed by atoms with E-state index >= 15 is 0 Å². The minimum Gasteiger partial charge on any atom is -0.374 e. The first-order chi connectivity index (χ1) is 11.6. The van der Waals surface area contributed by atoms with Gasteiger partial charge in [0.1, 0.15) is 11.1 Å². The molecule has 6 nitrogen and oxygen atoms in total. The van der Waals surface area contributed by atoms with Crippen LogP contribution in [0, 0.1) is 11.3 Å². The molecule has 0 aliphatic heterocycles. The largest absolute Gasteiger partial charge is 0.374 e. The summed E-state index contributed by atoms with van der Waals surface area (Å²) < 4.78 is 0.681. The molecule has 2 aromatic heterocycles. The molecule has 1 aliphatic carbocycles. The smallest absolute Gasteiger partial charge is 0.238 e. The fourth-order valence-corrected chi connectivity index (χ4v) is 5.72. The highest BCUT2D eigenvalue weighted by Crippen LogP contribution is 2.38. The van der Waals surface area contributed by atoms with Gasteiger partial charge < -0.3 is 11.1 Å². The molecule has 1 aliphatic rings. The fourth-order valence-electron chi connectivity index (χ4n) is 2.68. The SMILES string of the molecule is CC[C@@H](Sc1nnc(N)s1)C(=O)Nc1sc2c(c1C#N)CCCC2. The number of aryl methyl sites for hydroxylation is 1. The molecular formula is C15H17N5OS3. The van der Waals surface area contributed by atoms with E-state index in [1.54, 1.807) is 11.3 Å². The van der Waals surface area contributed by atoms with Crippen molar-refractivity contribution >= 4 is 50.5 Å². The van der Waals surface area contributed by atoms with E-state index in [2.05, 4.69) is 21.6 Å². The van der Waals surface area contributed by atoms with Crippen LogP contribution in [0.15, 0.2) is 4.34 Å². The molecule has 0 saturated carbocycles. The molecule has 126 valence electrons. The van der Waals surface area contributed by atoms with Crippen LogP contribution in [0.3, 0.4) is 0 Å². The van der Waals surface area contributed by atoms with Crippen LogP contribution in [0.4, 0.5) is 10.1 Å². The molecule has 0 spiro atoms. The summed E-state index contributed by atoms with van der Waals surface area (Å²) in [5.41, 5.74) is 7.35. The zero-order valence-electron chi connectivity index (χ0n) is 13.2. The maximum atomic E-state index is 12.6. The number of anilines is 2. The third-order valence-electron chi connectivity index (χ3n) is 3.85. The second-order valence-electron chi connectivity index (χ2n) is 5.44. The van der Waals surface area contributed by atoms with Gasteiger partial charge in [0.15, 0.2) is 4.34 Å². The first-order valence-electron chi connectivity index (χ1n) is 7.73. The number of nitrogens with one attached hydrogen (secondary N) is 1. The van der Waals surface area contributed by atoms with Gasteiger partial charge in [-0.2, -0.15) is 5.26 Å². The number of nitriles is 1. The monoisotopic (exact) mass is 379 g/mol. The third kappa shape index (κ3) is 3.55. The Hall–Kier alpha value is -1.63. The minimum atomic E-state index is -0.289. The van der Waals surface area contributed by atoms with Crippen LogP contribution in [-0.4, -0.2) is 21.4 Å². The molecule has 0 fully saturated rings. The molecule has 9 heteroatoms. The molecule has 3 rings (SSSR count). The van der Waals surface area contributed by atoms with Crippen LogP contribution < -0.4 is 11.1 Å². The van der Waals surface area contributed by atoms with Gasteiger partial charge in [0.2, 0.25) is 11.0 Å². The lowest BCUT2D eigenvalue weighted by Gasteiger charge is -2.12. The molecule has 3 N–H and O–H groups in total. The molecule has 1 atom stereocenters. The van der Waals surface area contributed by atoms with Crippen LogP contribution in [0.25, 0.3) is 0 Å². The maximum Gasteiger partial charge on any atom is 0.238 e. The Balaban J connectivity index is 1.76. The quantitative estimate of drug-likeness (QED) is 0.771. The zero-order valence-corrected chi connectivity index (χ0v) is 15.6. The van der Waals surface area contributed by atoms with E-state index < -0.39 is 0 Å². The Morgan fingerprint density at radius 1 is 1.42 bits per heavy atom. The number of rotatable bonds is 5. The summed E-state index contributed by atoms with van der Waals surface area (Å²) in [5, 5.41) is 21.0. The van der Waals surface area contributed by atoms with Crippen molar-refractivity contribution in [1.82, 2.24) is 10.2 Å². The molecule has 2 heterocycles. The number of nitrogen functional groups attached to an aromatic ring is 1. The van der Waals surface area contributed by atoms with Crippen molar-refractivity contribution in [3.63, 3.8) is 0 Å². The molecular weight excluding hydrogens is 362 g/mol. The first-order valence-corrected chi connectivity index (χ1v) is 10.2. The van der Waals surface area contributed by atoms with E-state index in [4.69, 9.17) is 5.73 Å². The number of hydrogen-bond acceptors (Lipinski definition) is 8. The van der Waals surface area contributed by atoms with Crippen molar-refractivity contribution in [1.29, 1.82) is 5.26 Å². The molecule has 1 amide bonds.